The van der Waals surface area contributed by atoms with Crippen LogP contribution in [-0.2, 0) is 17.1 Å². The highest BCUT2D eigenvalue weighted by atomic mass is 79.9. The van der Waals surface area contributed by atoms with Crippen molar-refractivity contribution in [3.05, 3.63) is 11.4 Å². The summed E-state index contributed by atoms with van der Waals surface area (Å²) < 4.78 is 28.7. The number of nitrogens with zero attached hydrogens (tertiary/aromatic N) is 3. The van der Waals surface area contributed by atoms with Crippen LogP contribution in [0.3, 0.4) is 0 Å². The second-order valence-corrected chi connectivity index (χ2v) is 7.16. The van der Waals surface area contributed by atoms with Crippen LogP contribution in [0.5, 0.6) is 0 Å². The molecule has 102 valence electrons. The van der Waals surface area contributed by atoms with Gasteiger partial charge in [0.15, 0.2) is 0 Å². The lowest BCUT2D eigenvalue weighted by molar-refractivity contribution is 0.413. The lowest BCUT2D eigenvalue weighted by Crippen LogP contribution is -2.36. The van der Waals surface area contributed by atoms with Crippen LogP contribution in [0.25, 0.3) is 0 Å². The molecule has 0 radical (unpaired) electrons. The Hall–Kier alpha value is -0.400. The van der Waals surface area contributed by atoms with E-state index in [1.165, 1.54) is 0 Å². The van der Waals surface area contributed by atoms with E-state index >= 15 is 0 Å². The predicted molar refractivity (Wildman–Crippen MR) is 73.4 cm³/mol. The average molecular weight is 336 g/mol. The Bertz CT molecular complexity index is 553. The second-order valence-electron chi connectivity index (χ2n) is 4.69. The van der Waals surface area contributed by atoms with Gasteiger partial charge in [0.25, 0.3) is 0 Å². The summed E-state index contributed by atoms with van der Waals surface area (Å²) in [5.41, 5.74) is 1.28. The first kappa shape index (κ1) is 14.0. The molecule has 0 N–H and O–H groups in total. The Labute approximate surface area is 116 Å². The number of sulfonamides is 1. The Morgan fingerprint density at radius 2 is 2.11 bits per heavy atom. The fourth-order valence-corrected chi connectivity index (χ4v) is 5.49. The van der Waals surface area contributed by atoms with E-state index < -0.39 is 10.0 Å². The molecule has 7 heteroatoms. The minimum atomic E-state index is -3.42. The summed E-state index contributed by atoms with van der Waals surface area (Å²) in [4.78, 5) is 0.373. The number of halogens is 1. The number of hydrogen-bond acceptors (Lipinski definition) is 3. The number of aromatic nitrogens is 2. The van der Waals surface area contributed by atoms with Crippen LogP contribution in [0, 0.1) is 13.8 Å². The molecule has 18 heavy (non-hydrogen) atoms. The number of rotatable bonds is 3. The molecular formula is C11H18BrN3O2S. The summed E-state index contributed by atoms with van der Waals surface area (Å²) in [6.45, 7) is 4.15. The van der Waals surface area contributed by atoms with E-state index in [0.717, 1.165) is 12.8 Å². The Kier molecular flexibility index (Phi) is 3.85. The van der Waals surface area contributed by atoms with E-state index in [1.54, 1.807) is 29.9 Å². The van der Waals surface area contributed by atoms with Gasteiger partial charge in [-0.25, -0.2) is 8.42 Å². The van der Waals surface area contributed by atoms with E-state index in [0.29, 0.717) is 28.2 Å². The molecular weight excluding hydrogens is 318 g/mol. The lowest BCUT2D eigenvalue weighted by atomic mass is 10.3. The molecule has 1 aromatic rings. The molecule has 1 aromatic heterocycles. The first-order valence-electron chi connectivity index (χ1n) is 5.97. The monoisotopic (exact) mass is 335 g/mol. The van der Waals surface area contributed by atoms with Gasteiger partial charge in [-0.3, -0.25) is 4.68 Å². The van der Waals surface area contributed by atoms with E-state index in [4.69, 9.17) is 0 Å². The predicted octanol–water partition coefficient (Wildman–Crippen LogP) is 1.58. The Morgan fingerprint density at radius 3 is 2.61 bits per heavy atom. The summed E-state index contributed by atoms with van der Waals surface area (Å²) in [7, 11) is -1.65. The van der Waals surface area contributed by atoms with E-state index in [9.17, 15) is 8.42 Å². The molecule has 0 aromatic carbocycles. The quantitative estimate of drug-likeness (QED) is 0.788. The van der Waals surface area contributed by atoms with E-state index in [-0.39, 0.29) is 6.04 Å². The number of hydrogen-bond donors (Lipinski definition) is 0. The van der Waals surface area contributed by atoms with Crippen molar-refractivity contribution in [1.82, 2.24) is 14.1 Å². The van der Waals surface area contributed by atoms with Crippen molar-refractivity contribution in [3.63, 3.8) is 0 Å². The molecule has 5 nitrogen and oxygen atoms in total. The van der Waals surface area contributed by atoms with Gasteiger partial charge in [-0.1, -0.05) is 15.9 Å². The Morgan fingerprint density at radius 1 is 1.44 bits per heavy atom. The first-order chi connectivity index (χ1) is 8.39. The standard InChI is InChI=1S/C11H18BrN3O2S/c1-8-11(9(2)14(3)13-8)18(16,17)15-6-4-5-10(15)7-12/h10H,4-7H2,1-3H3. The van der Waals surface area contributed by atoms with Crippen LogP contribution in [-0.4, -0.2) is 40.4 Å². The molecule has 0 spiro atoms. The highest BCUT2D eigenvalue weighted by Crippen LogP contribution is 2.30. The Balaban J connectivity index is 2.48. The smallest absolute Gasteiger partial charge is 0.247 e. The molecule has 1 unspecified atom stereocenters. The zero-order valence-corrected chi connectivity index (χ0v) is 13.3. The molecule has 1 aliphatic heterocycles. The maximum atomic E-state index is 12.7. The van der Waals surface area contributed by atoms with Gasteiger partial charge in [0, 0.05) is 25.0 Å². The van der Waals surface area contributed by atoms with E-state index in [1.807, 2.05) is 0 Å². The van der Waals surface area contributed by atoms with Gasteiger partial charge in [-0.2, -0.15) is 9.40 Å². The van der Waals surface area contributed by atoms with Gasteiger partial charge in [-0.05, 0) is 26.7 Å². The normalized spacial score (nSPS) is 21.7. The molecule has 1 aliphatic rings. The molecule has 1 atom stereocenters. The van der Waals surface area contributed by atoms with Crippen LogP contribution in [0.15, 0.2) is 4.90 Å². The second kappa shape index (κ2) is 4.94. The third-order valence-electron chi connectivity index (χ3n) is 3.51. The van der Waals surface area contributed by atoms with Crippen molar-refractivity contribution in [3.8, 4) is 0 Å². The zero-order valence-electron chi connectivity index (χ0n) is 10.9. The summed E-state index contributed by atoms with van der Waals surface area (Å²) in [6.07, 6.45) is 1.84. The van der Waals surface area contributed by atoms with Crippen molar-refractivity contribution in [2.45, 2.75) is 37.6 Å². The highest BCUT2D eigenvalue weighted by molar-refractivity contribution is 9.09. The maximum absolute atomic E-state index is 12.7. The molecule has 0 amide bonds. The van der Waals surface area contributed by atoms with Crippen LogP contribution in [0.1, 0.15) is 24.2 Å². The number of alkyl halides is 1. The van der Waals surface area contributed by atoms with Crippen LogP contribution >= 0.6 is 15.9 Å². The molecule has 2 rings (SSSR count). The van der Waals surface area contributed by atoms with Crippen LogP contribution in [0.2, 0.25) is 0 Å². The minimum Gasteiger partial charge on any atom is -0.271 e. The topological polar surface area (TPSA) is 55.2 Å². The molecule has 0 saturated carbocycles. The van der Waals surface area contributed by atoms with E-state index in [2.05, 4.69) is 21.0 Å². The van der Waals surface area contributed by atoms with Crippen LogP contribution < -0.4 is 0 Å². The molecule has 2 heterocycles. The SMILES string of the molecule is Cc1nn(C)c(C)c1S(=O)(=O)N1CCCC1CBr. The summed E-state index contributed by atoms with van der Waals surface area (Å²) in [6, 6.07) is 0.0639. The van der Waals surface area contributed by atoms with Gasteiger partial charge >= 0.3 is 0 Å². The van der Waals surface area contributed by atoms with Gasteiger partial charge in [0.2, 0.25) is 10.0 Å². The number of aryl methyl sites for hydroxylation is 2. The van der Waals surface area contributed by atoms with Crippen molar-refractivity contribution < 1.29 is 8.42 Å². The minimum absolute atomic E-state index is 0.0639. The molecule has 0 aliphatic carbocycles. The van der Waals surface area contributed by atoms with Gasteiger partial charge < -0.3 is 0 Å². The fourth-order valence-electron chi connectivity index (χ4n) is 2.52. The molecule has 1 fully saturated rings. The van der Waals surface area contributed by atoms with Gasteiger partial charge in [0.1, 0.15) is 4.90 Å². The third kappa shape index (κ3) is 2.12. The fraction of sp³-hybridized carbons (Fsp3) is 0.727. The highest BCUT2D eigenvalue weighted by Gasteiger charge is 2.37. The largest absolute Gasteiger partial charge is 0.271 e. The van der Waals surface area contributed by atoms with Crippen molar-refractivity contribution in [2.75, 3.05) is 11.9 Å². The van der Waals surface area contributed by atoms with Gasteiger partial charge in [-0.15, -0.1) is 0 Å². The first-order valence-corrected chi connectivity index (χ1v) is 8.53. The summed E-state index contributed by atoms with van der Waals surface area (Å²) >= 11 is 3.40. The summed E-state index contributed by atoms with van der Waals surface area (Å²) in [5, 5.41) is 4.88. The van der Waals surface area contributed by atoms with Crippen molar-refractivity contribution in [1.29, 1.82) is 0 Å². The van der Waals surface area contributed by atoms with Crippen molar-refractivity contribution in [2.24, 2.45) is 7.05 Å². The molecule has 0 bridgehead atoms. The third-order valence-corrected chi connectivity index (χ3v) is 6.46. The van der Waals surface area contributed by atoms with Crippen molar-refractivity contribution >= 4 is 26.0 Å². The van der Waals surface area contributed by atoms with Crippen LogP contribution in [0.4, 0.5) is 0 Å². The summed E-state index contributed by atoms with van der Waals surface area (Å²) in [5.74, 6) is 0. The van der Waals surface area contributed by atoms with Gasteiger partial charge in [0.05, 0.1) is 11.4 Å². The average Bonchev–Trinajstić information content (AvgIpc) is 2.85. The zero-order chi connectivity index (χ0) is 13.5. The lowest BCUT2D eigenvalue weighted by Gasteiger charge is -2.22. The molecule has 1 saturated heterocycles. The maximum Gasteiger partial charge on any atom is 0.247 e.